The van der Waals surface area contributed by atoms with Gasteiger partial charge in [-0.3, -0.25) is 9.78 Å². The van der Waals surface area contributed by atoms with Crippen LogP contribution in [0.15, 0.2) is 47.3 Å². The van der Waals surface area contributed by atoms with Gasteiger partial charge in [-0.1, -0.05) is 29.8 Å². The Morgan fingerprint density at radius 1 is 1.17 bits per heavy atom. The highest BCUT2D eigenvalue weighted by molar-refractivity contribution is 6.31. The summed E-state index contributed by atoms with van der Waals surface area (Å²) in [6, 6.07) is 11.3. The minimum atomic E-state index is -0.352. The van der Waals surface area contributed by atoms with Crippen LogP contribution in [0, 0.1) is 12.7 Å². The molecule has 0 aliphatic carbocycles. The summed E-state index contributed by atoms with van der Waals surface area (Å²) in [6.45, 7) is 1.90. The first kappa shape index (κ1) is 16.1. The lowest BCUT2D eigenvalue weighted by molar-refractivity contribution is 0.627. The number of benzene rings is 2. The predicted octanol–water partition coefficient (Wildman–Crippen LogP) is 3.60. The molecule has 3 aromatic rings. The van der Waals surface area contributed by atoms with Crippen molar-refractivity contribution in [3.63, 3.8) is 0 Å². The number of nitrogens with one attached hydrogen (secondary N) is 2. The SMILES string of the molecule is Cc1ccc(Nc2nnc(Cc3ccc(F)cc3)c(=O)[nH]2)cc1Cl. The van der Waals surface area contributed by atoms with Gasteiger partial charge in [-0.25, -0.2) is 4.39 Å². The molecule has 0 spiro atoms. The largest absolute Gasteiger partial charge is 0.324 e. The van der Waals surface area contributed by atoms with Gasteiger partial charge in [-0.05, 0) is 42.3 Å². The molecule has 0 bridgehead atoms. The van der Waals surface area contributed by atoms with Crippen molar-refractivity contribution in [2.75, 3.05) is 5.32 Å². The van der Waals surface area contributed by atoms with Gasteiger partial charge in [0.15, 0.2) is 0 Å². The lowest BCUT2D eigenvalue weighted by atomic mass is 10.1. The summed E-state index contributed by atoms with van der Waals surface area (Å²) < 4.78 is 12.9. The van der Waals surface area contributed by atoms with E-state index in [0.717, 1.165) is 11.1 Å². The third-order valence-electron chi connectivity index (χ3n) is 3.48. The number of halogens is 2. The Morgan fingerprint density at radius 2 is 1.92 bits per heavy atom. The van der Waals surface area contributed by atoms with E-state index < -0.39 is 0 Å². The van der Waals surface area contributed by atoms with Crippen molar-refractivity contribution < 1.29 is 4.39 Å². The third kappa shape index (κ3) is 3.78. The van der Waals surface area contributed by atoms with E-state index >= 15 is 0 Å². The van der Waals surface area contributed by atoms with Crippen molar-refractivity contribution in [3.05, 3.63) is 80.5 Å². The molecule has 0 aliphatic heterocycles. The summed E-state index contributed by atoms with van der Waals surface area (Å²) in [5, 5.41) is 11.5. The van der Waals surface area contributed by atoms with E-state index in [4.69, 9.17) is 11.6 Å². The topological polar surface area (TPSA) is 70.7 Å². The molecule has 0 amide bonds. The molecule has 122 valence electrons. The minimum Gasteiger partial charge on any atom is -0.324 e. The highest BCUT2D eigenvalue weighted by atomic mass is 35.5. The Morgan fingerprint density at radius 3 is 2.58 bits per heavy atom. The molecule has 1 heterocycles. The highest BCUT2D eigenvalue weighted by Gasteiger charge is 2.07. The quantitative estimate of drug-likeness (QED) is 0.758. The zero-order chi connectivity index (χ0) is 17.1. The molecule has 0 aliphatic rings. The molecule has 0 radical (unpaired) electrons. The van der Waals surface area contributed by atoms with E-state index in [1.54, 1.807) is 18.2 Å². The first-order valence-electron chi connectivity index (χ1n) is 7.25. The molecule has 7 heteroatoms. The summed E-state index contributed by atoms with van der Waals surface area (Å²) in [4.78, 5) is 14.8. The minimum absolute atomic E-state index is 0.225. The van der Waals surface area contributed by atoms with Crippen molar-refractivity contribution >= 4 is 23.2 Å². The number of H-pyrrole nitrogens is 1. The van der Waals surface area contributed by atoms with Crippen LogP contribution in [0.2, 0.25) is 5.02 Å². The molecule has 0 atom stereocenters. The van der Waals surface area contributed by atoms with E-state index in [1.807, 2.05) is 19.1 Å². The smallest absolute Gasteiger partial charge is 0.274 e. The summed E-state index contributed by atoms with van der Waals surface area (Å²) in [6.07, 6.45) is 0.277. The molecule has 1 aromatic heterocycles. The second-order valence-corrected chi connectivity index (χ2v) is 5.75. The van der Waals surface area contributed by atoms with E-state index in [-0.39, 0.29) is 29.4 Å². The maximum atomic E-state index is 12.9. The molecule has 2 N–H and O–H groups in total. The Balaban J connectivity index is 1.78. The van der Waals surface area contributed by atoms with Crippen LogP contribution < -0.4 is 10.9 Å². The van der Waals surface area contributed by atoms with Gasteiger partial charge in [0.25, 0.3) is 5.56 Å². The lowest BCUT2D eigenvalue weighted by Crippen LogP contribution is -2.18. The van der Waals surface area contributed by atoms with Gasteiger partial charge >= 0.3 is 0 Å². The van der Waals surface area contributed by atoms with E-state index in [2.05, 4.69) is 20.5 Å². The lowest BCUT2D eigenvalue weighted by Gasteiger charge is -2.07. The maximum absolute atomic E-state index is 12.9. The Kier molecular flexibility index (Phi) is 4.57. The zero-order valence-electron chi connectivity index (χ0n) is 12.8. The molecule has 2 aromatic carbocycles. The van der Waals surface area contributed by atoms with Gasteiger partial charge in [-0.2, -0.15) is 0 Å². The van der Waals surface area contributed by atoms with E-state index in [0.29, 0.717) is 10.7 Å². The Hall–Kier alpha value is -2.73. The number of aryl methyl sites for hydroxylation is 1. The van der Waals surface area contributed by atoms with Crippen molar-refractivity contribution in [2.24, 2.45) is 0 Å². The summed E-state index contributed by atoms with van der Waals surface area (Å²) in [5.41, 5.74) is 2.34. The normalized spacial score (nSPS) is 10.6. The summed E-state index contributed by atoms with van der Waals surface area (Å²) >= 11 is 6.06. The van der Waals surface area contributed by atoms with Crippen LogP contribution in [-0.4, -0.2) is 15.2 Å². The molecule has 0 fully saturated rings. The average Bonchev–Trinajstić information content (AvgIpc) is 2.55. The summed E-state index contributed by atoms with van der Waals surface area (Å²) in [7, 11) is 0. The first-order chi connectivity index (χ1) is 11.5. The highest BCUT2D eigenvalue weighted by Crippen LogP contribution is 2.21. The predicted molar refractivity (Wildman–Crippen MR) is 91.3 cm³/mol. The molecule has 0 saturated heterocycles. The van der Waals surface area contributed by atoms with Crippen molar-refractivity contribution in [2.45, 2.75) is 13.3 Å². The second-order valence-electron chi connectivity index (χ2n) is 5.34. The van der Waals surface area contributed by atoms with Crippen LogP contribution in [0.4, 0.5) is 16.0 Å². The Bertz CT molecular complexity index is 925. The number of aromatic nitrogens is 3. The van der Waals surface area contributed by atoms with Gasteiger partial charge in [0.1, 0.15) is 11.5 Å². The van der Waals surface area contributed by atoms with E-state index in [1.165, 1.54) is 12.1 Å². The molecular formula is C17H14ClFN4O. The van der Waals surface area contributed by atoms with Crippen molar-refractivity contribution in [3.8, 4) is 0 Å². The fourth-order valence-electron chi connectivity index (χ4n) is 2.14. The average molecular weight is 345 g/mol. The van der Waals surface area contributed by atoms with Crippen LogP contribution in [-0.2, 0) is 6.42 Å². The second kappa shape index (κ2) is 6.80. The van der Waals surface area contributed by atoms with Gasteiger partial charge in [0.2, 0.25) is 5.95 Å². The molecule has 0 saturated carbocycles. The number of rotatable bonds is 4. The fraction of sp³-hybridized carbons (Fsp3) is 0.118. The maximum Gasteiger partial charge on any atom is 0.274 e. The third-order valence-corrected chi connectivity index (χ3v) is 3.89. The monoisotopic (exact) mass is 344 g/mol. The molecule has 3 rings (SSSR count). The zero-order valence-corrected chi connectivity index (χ0v) is 13.6. The van der Waals surface area contributed by atoms with Gasteiger partial charge in [-0.15, -0.1) is 10.2 Å². The van der Waals surface area contributed by atoms with Gasteiger partial charge in [0.05, 0.1) is 0 Å². The number of anilines is 2. The van der Waals surface area contributed by atoms with Crippen LogP contribution in [0.1, 0.15) is 16.8 Å². The molecule has 0 unspecified atom stereocenters. The van der Waals surface area contributed by atoms with Crippen LogP contribution >= 0.6 is 11.6 Å². The van der Waals surface area contributed by atoms with E-state index in [9.17, 15) is 9.18 Å². The van der Waals surface area contributed by atoms with Crippen LogP contribution in [0.3, 0.4) is 0 Å². The number of aromatic amines is 1. The Labute approximate surface area is 142 Å². The number of hydrogen-bond donors (Lipinski definition) is 2. The van der Waals surface area contributed by atoms with Crippen LogP contribution in [0.25, 0.3) is 0 Å². The fourth-order valence-corrected chi connectivity index (χ4v) is 2.32. The van der Waals surface area contributed by atoms with Crippen LogP contribution in [0.5, 0.6) is 0 Å². The molecular weight excluding hydrogens is 331 g/mol. The van der Waals surface area contributed by atoms with Gasteiger partial charge in [0, 0.05) is 17.1 Å². The standard InChI is InChI=1S/C17H14ClFN4O/c1-10-2-7-13(9-14(10)18)20-17-21-16(24)15(22-23-17)8-11-3-5-12(19)6-4-11/h2-7,9H,8H2,1H3,(H2,20,21,23,24). The number of hydrogen-bond acceptors (Lipinski definition) is 4. The van der Waals surface area contributed by atoms with Crippen molar-refractivity contribution in [1.29, 1.82) is 0 Å². The molecule has 5 nitrogen and oxygen atoms in total. The molecule has 24 heavy (non-hydrogen) atoms. The van der Waals surface area contributed by atoms with Gasteiger partial charge < -0.3 is 5.32 Å². The first-order valence-corrected chi connectivity index (χ1v) is 7.62. The number of nitrogens with zero attached hydrogens (tertiary/aromatic N) is 2. The van der Waals surface area contributed by atoms with Crippen molar-refractivity contribution in [1.82, 2.24) is 15.2 Å². The summed E-state index contributed by atoms with van der Waals surface area (Å²) in [5.74, 6) is -0.0992.